The molecule has 1 heterocycles. The number of rotatable bonds is 28. The van der Waals surface area contributed by atoms with Crippen molar-refractivity contribution < 1.29 is 66.3 Å². The number of likely N-dealkylation sites (tertiary alicyclic amines) is 1. The fourth-order valence-electron chi connectivity index (χ4n) is 9.63. The number of carbonyl (C=O) groups excluding carboxylic acids is 8. The Bertz CT molecular complexity index is 3490. The smallest absolute Gasteiger partial charge is 0.305 e. The van der Waals surface area contributed by atoms with Crippen LogP contribution < -0.4 is 47.4 Å². The van der Waals surface area contributed by atoms with Crippen molar-refractivity contribution in [2.75, 3.05) is 43.9 Å². The van der Waals surface area contributed by atoms with E-state index < -0.39 is 124 Å². The molecule has 0 bridgehead atoms. The van der Waals surface area contributed by atoms with Crippen molar-refractivity contribution in [3.05, 3.63) is 120 Å². The first-order valence-corrected chi connectivity index (χ1v) is 30.0. The zero-order chi connectivity index (χ0) is 64.6. The molecule has 1 aliphatic rings. The Labute approximate surface area is 509 Å². The van der Waals surface area contributed by atoms with Gasteiger partial charge in [-0.25, -0.2) is 0 Å². The summed E-state index contributed by atoms with van der Waals surface area (Å²) in [4.78, 5) is 125. The molecule has 1 saturated heterocycles. The summed E-state index contributed by atoms with van der Waals surface area (Å²) in [6, 6.07) is 19.7. The Balaban J connectivity index is 1.02. The molecular weight excluding hydrogens is 1160 g/mol. The van der Waals surface area contributed by atoms with Crippen LogP contribution in [0.5, 0.6) is 5.75 Å². The van der Waals surface area contributed by atoms with Crippen molar-refractivity contribution in [1.29, 1.82) is 0 Å². The van der Waals surface area contributed by atoms with Crippen LogP contribution in [0.15, 0.2) is 124 Å². The molecule has 0 saturated carbocycles. The number of amides is 8. The number of carboxylic acids is 1. The lowest BCUT2D eigenvalue weighted by Gasteiger charge is -2.30. The average molecular weight is 1230 g/mol. The van der Waals surface area contributed by atoms with E-state index in [1.165, 1.54) is 55.1 Å². The molecule has 8 amide bonds. The third kappa shape index (κ3) is 18.8. The van der Waals surface area contributed by atoms with Gasteiger partial charge in [-0.3, -0.25) is 47.7 Å². The third-order valence-corrected chi connectivity index (χ3v) is 15.4. The quantitative estimate of drug-likeness (QED) is 0.0191. The summed E-state index contributed by atoms with van der Waals surface area (Å²) in [5.74, 6) is -8.69. The predicted molar refractivity (Wildman–Crippen MR) is 327 cm³/mol. The molecule has 26 nitrogen and oxygen atoms in total. The van der Waals surface area contributed by atoms with Gasteiger partial charge >= 0.3 is 5.97 Å². The van der Waals surface area contributed by atoms with Gasteiger partial charge in [0.2, 0.25) is 41.4 Å². The minimum Gasteiger partial charge on any atom is -0.508 e. The Morgan fingerprint density at radius 2 is 1.20 bits per heavy atom. The van der Waals surface area contributed by atoms with E-state index in [9.17, 15) is 66.3 Å². The van der Waals surface area contributed by atoms with Crippen LogP contribution in [0.2, 0.25) is 0 Å². The molecule has 6 rings (SSSR count). The van der Waals surface area contributed by atoms with E-state index in [4.69, 9.17) is 0 Å². The number of carbonyl (C=O) groups is 9. The highest BCUT2D eigenvalue weighted by Gasteiger charge is 2.39. The number of aliphatic carboxylic acids is 1. The fourth-order valence-corrected chi connectivity index (χ4v) is 10.3. The molecule has 1 aliphatic heterocycles. The highest BCUT2D eigenvalue weighted by Crippen LogP contribution is 2.29. The molecule has 470 valence electrons. The molecule has 5 aromatic carbocycles. The lowest BCUT2D eigenvalue weighted by molar-refractivity contribution is -0.143. The number of benzene rings is 5. The predicted octanol–water partition coefficient (Wildman–Crippen LogP) is 4.08. The van der Waals surface area contributed by atoms with Crippen LogP contribution in [-0.2, 0) is 54.9 Å². The van der Waals surface area contributed by atoms with Crippen molar-refractivity contribution in [1.82, 2.24) is 42.1 Å². The Hall–Kier alpha value is -9.50. The maximum absolute atomic E-state index is 14.1. The van der Waals surface area contributed by atoms with Crippen LogP contribution in [-0.4, -0.2) is 157 Å². The van der Waals surface area contributed by atoms with Crippen LogP contribution >= 0.6 is 0 Å². The van der Waals surface area contributed by atoms with Gasteiger partial charge in [-0.2, -0.15) is 18.6 Å². The summed E-state index contributed by atoms with van der Waals surface area (Å²) in [6.45, 7) is 9.67. The van der Waals surface area contributed by atoms with Gasteiger partial charge in [0.25, 0.3) is 16.0 Å². The topological polar surface area (TPSA) is 376 Å². The van der Waals surface area contributed by atoms with Crippen molar-refractivity contribution in [2.45, 2.75) is 114 Å². The molecule has 0 spiro atoms. The van der Waals surface area contributed by atoms with Crippen LogP contribution in [0.1, 0.15) is 76.7 Å². The molecule has 0 aliphatic carbocycles. The lowest BCUT2D eigenvalue weighted by atomic mass is 10.00. The number of anilines is 2. The van der Waals surface area contributed by atoms with Gasteiger partial charge in [0.05, 0.1) is 17.8 Å². The first-order valence-electron chi connectivity index (χ1n) is 28.5. The Kier molecular flexibility index (Phi) is 23.6. The molecule has 5 aromatic rings. The number of aromatic hydroxyl groups is 1. The summed E-state index contributed by atoms with van der Waals surface area (Å²) in [6.07, 6.45) is -0.396. The number of azo groups is 1. The molecule has 0 radical (unpaired) electrons. The number of fused-ring (bicyclic) bond motifs is 1. The van der Waals surface area contributed by atoms with Crippen LogP contribution in [0.25, 0.3) is 10.8 Å². The zero-order valence-corrected chi connectivity index (χ0v) is 50.9. The summed E-state index contributed by atoms with van der Waals surface area (Å²) >= 11 is 0. The molecular formula is C61H76N12O14S. The first-order chi connectivity index (χ1) is 41.6. The highest BCUT2D eigenvalue weighted by atomic mass is 32.2. The first kappa shape index (κ1) is 67.6. The van der Waals surface area contributed by atoms with Gasteiger partial charge in [0, 0.05) is 67.9 Å². The van der Waals surface area contributed by atoms with Gasteiger partial charge in [-0.05, 0) is 117 Å². The molecule has 0 aromatic heterocycles. The van der Waals surface area contributed by atoms with Gasteiger partial charge < -0.3 is 62.5 Å². The lowest BCUT2D eigenvalue weighted by Crippen LogP contribution is -2.60. The van der Waals surface area contributed by atoms with E-state index in [0.29, 0.717) is 39.8 Å². The molecule has 7 atom stereocenters. The van der Waals surface area contributed by atoms with E-state index in [1.54, 1.807) is 76.2 Å². The van der Waals surface area contributed by atoms with Crippen LogP contribution in [0.3, 0.4) is 0 Å². The third-order valence-electron chi connectivity index (χ3n) is 14.5. The van der Waals surface area contributed by atoms with E-state index in [-0.39, 0.29) is 48.7 Å². The number of hydrogen-bond acceptors (Lipinski definition) is 16. The number of hydrogen-bond donors (Lipinski definition) is 11. The number of carboxylic acid groups (broad SMARTS) is 1. The van der Waals surface area contributed by atoms with E-state index in [0.717, 1.165) is 5.69 Å². The molecule has 27 heteroatoms. The second-order valence-electron chi connectivity index (χ2n) is 22.2. The van der Waals surface area contributed by atoms with Crippen molar-refractivity contribution in [3.8, 4) is 5.75 Å². The average Bonchev–Trinajstić information content (AvgIpc) is 2.38. The summed E-state index contributed by atoms with van der Waals surface area (Å²) in [5, 5.41) is 50.3. The second-order valence-corrected chi connectivity index (χ2v) is 23.6. The summed E-state index contributed by atoms with van der Waals surface area (Å²) in [7, 11) is -0.653. The molecule has 11 N–H and O–H groups in total. The van der Waals surface area contributed by atoms with Crippen LogP contribution in [0.4, 0.5) is 22.7 Å². The maximum atomic E-state index is 14.1. The fraction of sp³-hybridized carbons (Fsp3) is 0.393. The number of nitrogens with zero attached hydrogens (tertiary/aromatic N) is 4. The summed E-state index contributed by atoms with van der Waals surface area (Å²) in [5.41, 5.74) is 3.34. The Morgan fingerprint density at radius 3 is 1.81 bits per heavy atom. The Morgan fingerprint density at radius 1 is 0.625 bits per heavy atom. The van der Waals surface area contributed by atoms with Gasteiger partial charge in [0.1, 0.15) is 52.9 Å². The molecule has 0 unspecified atom stereocenters. The van der Waals surface area contributed by atoms with Gasteiger partial charge in [0.15, 0.2) is 0 Å². The monoisotopic (exact) mass is 1230 g/mol. The zero-order valence-electron chi connectivity index (χ0n) is 50.1. The maximum Gasteiger partial charge on any atom is 0.305 e. The van der Waals surface area contributed by atoms with Gasteiger partial charge in [-0.15, -0.1) is 0 Å². The number of nitrogens with one attached hydrogen (secondary N) is 8. The van der Waals surface area contributed by atoms with Crippen molar-refractivity contribution in [3.63, 3.8) is 0 Å². The standard InChI is InChI=1S/C61H76N12O14S/c1-34(2)52(59(82)63-30-29-62-46-14-9-13-45-44(46)12-10-16-50(45)88(85,86)87)69-58(81)49-15-11-31-73(49)61(84)37(6)65-56(79)48(33-51(75)76)66-54(77)36(5)64-60(83)53(35(3)4)68-57(80)47(32-38-17-27-43(74)28-18-38)67-55(78)39-19-21-40(22-20-39)70-71-41-23-25-42(26-24-41)72(7)8/h9-10,12-14,16-28,34-37,47-49,52-53,62,74H,11,15,29-33H2,1-8H3,(H,63,82)(H,64,83)(H,65,79)(H,66,77)(H,67,78)(H,68,80)(H,69,81)(H,75,76)(H,85,86,87)/t36-,37-,47-,48-,49-,52-,53-/m0/s1. The number of phenols is 1. The minimum atomic E-state index is -4.49. The van der Waals surface area contributed by atoms with E-state index in [1.807, 2.05) is 43.3 Å². The SMILES string of the molecule is CC(C)[C@H](NC(=O)[C@H](Cc1ccc(O)cc1)NC(=O)c1ccc(N=Nc2ccc(N(C)C)cc2)cc1)C(=O)N[C@@H](C)C(=O)N[C@@H](CC(=O)O)C(=O)N[C@@H](C)C(=O)N1CCC[C@H]1C(=O)N[C@H](C(=O)NCCNc1cccc2c(S(=O)(=O)O)cccc12)C(C)C. The number of phenolic OH excluding ortho intramolecular Hbond substituents is 1. The molecule has 88 heavy (non-hydrogen) atoms. The van der Waals surface area contributed by atoms with E-state index in [2.05, 4.69) is 52.8 Å². The van der Waals surface area contributed by atoms with E-state index >= 15 is 0 Å². The van der Waals surface area contributed by atoms with Gasteiger partial charge in [-0.1, -0.05) is 64.1 Å². The minimum absolute atomic E-state index is 0.0312. The van der Waals surface area contributed by atoms with Crippen molar-refractivity contribution >= 4 is 96.9 Å². The largest absolute Gasteiger partial charge is 0.508 e. The summed E-state index contributed by atoms with van der Waals surface area (Å²) < 4.78 is 33.6. The molecule has 1 fully saturated rings. The highest BCUT2D eigenvalue weighted by molar-refractivity contribution is 7.86. The van der Waals surface area contributed by atoms with Crippen LogP contribution in [0, 0.1) is 11.8 Å². The van der Waals surface area contributed by atoms with Crippen molar-refractivity contribution in [2.24, 2.45) is 22.1 Å². The second kappa shape index (κ2) is 30.7. The normalized spacial score (nSPS) is 15.3.